The quantitative estimate of drug-likeness (QED) is 0.541. The first kappa shape index (κ1) is 21.0. The van der Waals surface area contributed by atoms with E-state index < -0.39 is 5.97 Å². The second-order valence-corrected chi connectivity index (χ2v) is 7.42. The molecule has 0 spiro atoms. The lowest BCUT2D eigenvalue weighted by Crippen LogP contribution is -3.12. The van der Waals surface area contributed by atoms with Crippen LogP contribution < -0.4 is 4.90 Å². The molecule has 7 nitrogen and oxygen atoms in total. The molecule has 2 N–H and O–H groups in total. The van der Waals surface area contributed by atoms with Crippen molar-refractivity contribution in [2.45, 2.75) is 27.3 Å². The van der Waals surface area contributed by atoms with Crippen molar-refractivity contribution < 1.29 is 28.8 Å². The van der Waals surface area contributed by atoms with Crippen LogP contribution in [0.4, 0.5) is 0 Å². The molecule has 29 heavy (non-hydrogen) atoms. The highest BCUT2D eigenvalue weighted by Crippen LogP contribution is 2.19. The number of hydrogen-bond acceptors (Lipinski definition) is 5. The van der Waals surface area contributed by atoms with E-state index in [0.717, 1.165) is 38.4 Å². The largest absolute Gasteiger partial charge is 0.454 e. The van der Waals surface area contributed by atoms with Crippen LogP contribution in [0.3, 0.4) is 0 Å². The van der Waals surface area contributed by atoms with Crippen molar-refractivity contribution in [1.82, 2.24) is 4.98 Å². The minimum atomic E-state index is -0.545. The van der Waals surface area contributed by atoms with Gasteiger partial charge >= 0.3 is 5.97 Å². The highest BCUT2D eigenvalue weighted by atomic mass is 16.5. The Morgan fingerprint density at radius 3 is 2.34 bits per heavy atom. The highest BCUT2D eigenvalue weighted by molar-refractivity contribution is 6.04. The molecule has 0 aliphatic carbocycles. The molecule has 0 amide bonds. The third-order valence-corrected chi connectivity index (χ3v) is 5.25. The monoisotopic (exact) mass is 399 g/mol. The standard InChI is InChI=1S/C22H26N2O5/c1-14-20(16(3)25)15(2)23-21(14)19(26)13-29-22(27)18-6-4-17(5-7-18)12-24-8-10-28-11-9-24/h4-7,23H,8-13H2,1-3H3/p+1. The van der Waals surface area contributed by atoms with Gasteiger partial charge in [0.2, 0.25) is 5.78 Å². The predicted octanol–water partition coefficient (Wildman–Crippen LogP) is 1.29. The first-order valence-electron chi connectivity index (χ1n) is 9.77. The van der Waals surface area contributed by atoms with Crippen LogP contribution in [0.1, 0.15) is 54.9 Å². The molecule has 0 saturated carbocycles. The minimum Gasteiger partial charge on any atom is -0.454 e. The first-order valence-corrected chi connectivity index (χ1v) is 9.77. The van der Waals surface area contributed by atoms with Gasteiger partial charge in [-0.3, -0.25) is 9.59 Å². The number of benzene rings is 1. The van der Waals surface area contributed by atoms with Crippen LogP contribution in [0.25, 0.3) is 0 Å². The zero-order valence-corrected chi connectivity index (χ0v) is 17.1. The van der Waals surface area contributed by atoms with E-state index in [2.05, 4.69) is 4.98 Å². The smallest absolute Gasteiger partial charge is 0.338 e. The van der Waals surface area contributed by atoms with Crippen LogP contribution in [-0.4, -0.2) is 55.4 Å². The molecule has 0 atom stereocenters. The molecule has 154 valence electrons. The van der Waals surface area contributed by atoms with Crippen LogP contribution in [0, 0.1) is 13.8 Å². The minimum absolute atomic E-state index is 0.105. The molecule has 1 saturated heterocycles. The molecular formula is C22H27N2O5+. The van der Waals surface area contributed by atoms with Gasteiger partial charge in [0.15, 0.2) is 12.4 Å². The molecule has 1 aromatic carbocycles. The summed E-state index contributed by atoms with van der Waals surface area (Å²) in [5, 5.41) is 0. The van der Waals surface area contributed by atoms with Gasteiger partial charge in [0.1, 0.15) is 19.6 Å². The second kappa shape index (κ2) is 9.15. The van der Waals surface area contributed by atoms with Crippen LogP contribution >= 0.6 is 0 Å². The molecule has 0 unspecified atom stereocenters. The van der Waals surface area contributed by atoms with E-state index in [1.807, 2.05) is 12.1 Å². The number of esters is 1. The molecular weight excluding hydrogens is 372 g/mol. The van der Waals surface area contributed by atoms with Gasteiger partial charge in [0.25, 0.3) is 0 Å². The molecule has 0 bridgehead atoms. The number of carbonyl (C=O) groups excluding carboxylic acids is 3. The lowest BCUT2D eigenvalue weighted by molar-refractivity contribution is -0.921. The fourth-order valence-corrected chi connectivity index (χ4v) is 3.73. The molecule has 7 heteroatoms. The fourth-order valence-electron chi connectivity index (χ4n) is 3.73. The lowest BCUT2D eigenvalue weighted by Gasteiger charge is -2.23. The number of H-pyrrole nitrogens is 1. The maximum absolute atomic E-state index is 12.4. The summed E-state index contributed by atoms with van der Waals surface area (Å²) in [6, 6.07) is 7.27. The first-order chi connectivity index (χ1) is 13.9. The predicted molar refractivity (Wildman–Crippen MR) is 107 cm³/mol. The second-order valence-electron chi connectivity index (χ2n) is 7.42. The Morgan fingerprint density at radius 2 is 1.76 bits per heavy atom. The zero-order chi connectivity index (χ0) is 21.0. The van der Waals surface area contributed by atoms with E-state index in [4.69, 9.17) is 9.47 Å². The van der Waals surface area contributed by atoms with Crippen LogP contribution in [0.2, 0.25) is 0 Å². The summed E-state index contributed by atoms with van der Waals surface area (Å²) < 4.78 is 10.5. The normalized spacial score (nSPS) is 14.6. The van der Waals surface area contributed by atoms with E-state index in [1.54, 1.807) is 26.0 Å². The number of nitrogens with one attached hydrogen (secondary N) is 2. The van der Waals surface area contributed by atoms with Gasteiger partial charge in [-0.25, -0.2) is 4.79 Å². The van der Waals surface area contributed by atoms with Crippen molar-refractivity contribution >= 4 is 17.5 Å². The maximum atomic E-state index is 12.4. The molecule has 1 aliphatic rings. The van der Waals surface area contributed by atoms with E-state index in [0.29, 0.717) is 28.1 Å². The number of aromatic nitrogens is 1. The Bertz CT molecular complexity index is 908. The number of aromatic amines is 1. The van der Waals surface area contributed by atoms with Gasteiger partial charge in [-0.15, -0.1) is 0 Å². The average molecular weight is 399 g/mol. The van der Waals surface area contributed by atoms with Gasteiger partial charge in [0, 0.05) is 16.8 Å². The Kier molecular flexibility index (Phi) is 6.61. The number of ketones is 2. The topological polar surface area (TPSA) is 89.9 Å². The Hall–Kier alpha value is -2.77. The van der Waals surface area contributed by atoms with Crippen LogP contribution in [0.5, 0.6) is 0 Å². The van der Waals surface area contributed by atoms with Gasteiger partial charge in [-0.2, -0.15) is 0 Å². The van der Waals surface area contributed by atoms with Crippen LogP contribution in [-0.2, 0) is 16.0 Å². The number of rotatable bonds is 7. The summed E-state index contributed by atoms with van der Waals surface area (Å²) in [5.74, 6) is -1.01. The van der Waals surface area contributed by atoms with Crippen molar-refractivity contribution in [3.63, 3.8) is 0 Å². The number of ether oxygens (including phenoxy) is 2. The van der Waals surface area contributed by atoms with E-state index >= 15 is 0 Å². The zero-order valence-electron chi connectivity index (χ0n) is 17.1. The molecule has 1 aliphatic heterocycles. The number of quaternary nitrogens is 1. The van der Waals surface area contributed by atoms with E-state index in [-0.39, 0.29) is 18.2 Å². The molecule has 1 aromatic heterocycles. The molecule has 1 fully saturated rings. The van der Waals surface area contributed by atoms with Crippen molar-refractivity contribution in [3.8, 4) is 0 Å². The highest BCUT2D eigenvalue weighted by Gasteiger charge is 2.21. The average Bonchev–Trinajstić information content (AvgIpc) is 3.01. The summed E-state index contributed by atoms with van der Waals surface area (Å²) >= 11 is 0. The summed E-state index contributed by atoms with van der Waals surface area (Å²) in [5.41, 5.74) is 3.60. The van der Waals surface area contributed by atoms with Crippen molar-refractivity contribution in [2.24, 2.45) is 0 Å². The van der Waals surface area contributed by atoms with Gasteiger partial charge < -0.3 is 19.4 Å². The summed E-state index contributed by atoms with van der Waals surface area (Å²) in [6.45, 7) is 8.95. The molecule has 3 rings (SSSR count). The summed E-state index contributed by atoms with van der Waals surface area (Å²) in [4.78, 5) is 40.8. The van der Waals surface area contributed by atoms with Crippen LogP contribution in [0.15, 0.2) is 24.3 Å². The molecule has 0 radical (unpaired) electrons. The Morgan fingerprint density at radius 1 is 1.10 bits per heavy atom. The summed E-state index contributed by atoms with van der Waals surface area (Å²) in [7, 11) is 0. The lowest BCUT2D eigenvalue weighted by atomic mass is 10.1. The van der Waals surface area contributed by atoms with Crippen molar-refractivity contribution in [3.05, 3.63) is 57.9 Å². The summed E-state index contributed by atoms with van der Waals surface area (Å²) in [6.07, 6.45) is 0. The number of aryl methyl sites for hydroxylation is 1. The Labute approximate surface area is 170 Å². The van der Waals surface area contributed by atoms with Crippen molar-refractivity contribution in [1.29, 1.82) is 0 Å². The fraction of sp³-hybridized carbons (Fsp3) is 0.409. The number of morpholine rings is 1. The van der Waals surface area contributed by atoms with Crippen molar-refractivity contribution in [2.75, 3.05) is 32.9 Å². The van der Waals surface area contributed by atoms with E-state index in [1.165, 1.54) is 11.8 Å². The maximum Gasteiger partial charge on any atom is 0.338 e. The van der Waals surface area contributed by atoms with E-state index in [9.17, 15) is 14.4 Å². The molecule has 2 aromatic rings. The van der Waals surface area contributed by atoms with Gasteiger partial charge in [-0.1, -0.05) is 12.1 Å². The SMILES string of the molecule is CC(=O)c1c(C)[nH]c(C(=O)COC(=O)c2ccc(C[NH+]3CCOCC3)cc2)c1C. The number of carbonyl (C=O) groups is 3. The van der Waals surface area contributed by atoms with Gasteiger partial charge in [-0.05, 0) is 38.5 Å². The number of hydrogen-bond donors (Lipinski definition) is 2. The number of Topliss-reactive ketones (excluding diaryl/α,β-unsaturated/α-hetero) is 2. The molecule has 2 heterocycles. The van der Waals surface area contributed by atoms with Gasteiger partial charge in [0.05, 0.1) is 24.5 Å². The third-order valence-electron chi connectivity index (χ3n) is 5.25. The Balaban J connectivity index is 1.57. The third kappa shape index (κ3) is 4.99.